The van der Waals surface area contributed by atoms with Crippen molar-refractivity contribution in [1.29, 1.82) is 0 Å². The third kappa shape index (κ3) is 5.19. The topological polar surface area (TPSA) is 95.1 Å². The molecule has 1 atom stereocenters. The number of nitrogen functional groups attached to an aromatic ring is 1. The first-order valence-corrected chi connectivity index (χ1v) is 10.7. The van der Waals surface area contributed by atoms with E-state index in [-0.39, 0.29) is 12.5 Å². The molecule has 2 aromatic carbocycles. The van der Waals surface area contributed by atoms with E-state index in [4.69, 9.17) is 33.8 Å². The van der Waals surface area contributed by atoms with Crippen molar-refractivity contribution in [2.45, 2.75) is 37.8 Å². The number of carbonyl (C=O) groups excluding carboxylic acids is 1. The van der Waals surface area contributed by atoms with Crippen molar-refractivity contribution in [2.24, 2.45) is 0 Å². The maximum Gasteiger partial charge on any atom is 0.237 e. The minimum atomic E-state index is -0.501. The van der Waals surface area contributed by atoms with E-state index in [9.17, 15) is 4.79 Å². The average molecular weight is 466 g/mol. The van der Waals surface area contributed by atoms with Gasteiger partial charge in [-0.2, -0.15) is 0 Å². The van der Waals surface area contributed by atoms with Crippen molar-refractivity contribution in [2.75, 3.05) is 11.2 Å². The Kier molecular flexibility index (Phi) is 7.12. The van der Waals surface area contributed by atoms with Gasteiger partial charge in [-0.15, -0.1) is 10.2 Å². The first-order chi connectivity index (χ1) is 14.3. The van der Waals surface area contributed by atoms with Gasteiger partial charge in [-0.1, -0.05) is 53.2 Å². The number of para-hydroxylation sites is 1. The second-order valence-electron chi connectivity index (χ2n) is 6.65. The Balaban J connectivity index is 1.64. The van der Waals surface area contributed by atoms with Gasteiger partial charge in [0.25, 0.3) is 0 Å². The number of nitrogens with one attached hydrogen (secondary N) is 1. The zero-order valence-electron chi connectivity index (χ0n) is 16.6. The van der Waals surface area contributed by atoms with Crippen LogP contribution < -0.4 is 15.9 Å². The molecule has 0 aliphatic heterocycles. The third-order valence-corrected chi connectivity index (χ3v) is 5.95. The number of hydrogen-bond acceptors (Lipinski definition) is 6. The Morgan fingerprint density at radius 3 is 2.63 bits per heavy atom. The molecule has 1 unspecified atom stereocenters. The fourth-order valence-electron chi connectivity index (χ4n) is 2.69. The molecule has 3 rings (SSSR count). The fourth-order valence-corrected chi connectivity index (χ4v) is 3.81. The van der Waals surface area contributed by atoms with Gasteiger partial charge in [0.2, 0.25) is 11.1 Å². The molecule has 0 spiro atoms. The van der Waals surface area contributed by atoms with E-state index in [1.165, 1.54) is 16.4 Å². The average Bonchev–Trinajstić information content (AvgIpc) is 3.04. The van der Waals surface area contributed by atoms with E-state index in [1.807, 2.05) is 32.0 Å². The SMILES string of the molecule is Cc1cccc(C)c1OCc1nnc(SC(C)C(=O)Nc2cc(Cl)ccc2Cl)n1N. The number of thioether (sulfide) groups is 1. The number of amides is 1. The van der Waals surface area contributed by atoms with Crippen molar-refractivity contribution >= 4 is 46.6 Å². The number of anilines is 1. The summed E-state index contributed by atoms with van der Waals surface area (Å²) in [7, 11) is 0. The highest BCUT2D eigenvalue weighted by molar-refractivity contribution is 8.00. The summed E-state index contributed by atoms with van der Waals surface area (Å²) in [4.78, 5) is 12.5. The van der Waals surface area contributed by atoms with E-state index >= 15 is 0 Å². The van der Waals surface area contributed by atoms with Crippen LogP contribution in [-0.4, -0.2) is 26.0 Å². The predicted octanol–water partition coefficient (Wildman–Crippen LogP) is 4.61. The quantitative estimate of drug-likeness (QED) is 0.390. The third-order valence-electron chi connectivity index (χ3n) is 4.33. The van der Waals surface area contributed by atoms with Crippen LogP contribution >= 0.6 is 35.0 Å². The molecule has 0 saturated heterocycles. The molecule has 0 aliphatic carbocycles. The van der Waals surface area contributed by atoms with Gasteiger partial charge in [0, 0.05) is 5.02 Å². The first kappa shape index (κ1) is 22.3. The summed E-state index contributed by atoms with van der Waals surface area (Å²) in [6.45, 7) is 5.85. The molecule has 0 fully saturated rings. The minimum Gasteiger partial charge on any atom is -0.485 e. The summed E-state index contributed by atoms with van der Waals surface area (Å²) < 4.78 is 7.21. The number of carbonyl (C=O) groups is 1. The molecule has 7 nitrogen and oxygen atoms in total. The molecule has 0 radical (unpaired) electrons. The molecule has 158 valence electrons. The molecule has 3 aromatic rings. The number of rotatable bonds is 7. The molecule has 1 aromatic heterocycles. The van der Waals surface area contributed by atoms with Crippen LogP contribution in [0.15, 0.2) is 41.6 Å². The number of nitrogens with zero attached hydrogens (tertiary/aromatic N) is 3. The summed E-state index contributed by atoms with van der Waals surface area (Å²) in [6.07, 6.45) is 0. The normalized spacial score (nSPS) is 11.9. The number of halogens is 2. The molecule has 0 bridgehead atoms. The van der Waals surface area contributed by atoms with Crippen LogP contribution in [0, 0.1) is 13.8 Å². The molecule has 3 N–H and O–H groups in total. The predicted molar refractivity (Wildman–Crippen MR) is 121 cm³/mol. The maximum atomic E-state index is 12.5. The number of aromatic nitrogens is 3. The number of aryl methyl sites for hydroxylation is 2. The van der Waals surface area contributed by atoms with Crippen LogP contribution in [0.3, 0.4) is 0 Å². The summed E-state index contributed by atoms with van der Waals surface area (Å²) >= 11 is 13.2. The summed E-state index contributed by atoms with van der Waals surface area (Å²) in [5.41, 5.74) is 2.49. The Bertz CT molecular complexity index is 1050. The van der Waals surface area contributed by atoms with Crippen molar-refractivity contribution in [3.8, 4) is 5.75 Å². The summed E-state index contributed by atoms with van der Waals surface area (Å²) in [5, 5.41) is 11.7. The number of nitrogens with two attached hydrogens (primary N) is 1. The van der Waals surface area contributed by atoms with Crippen LogP contribution in [0.4, 0.5) is 5.69 Å². The minimum absolute atomic E-state index is 0.161. The van der Waals surface area contributed by atoms with E-state index < -0.39 is 5.25 Å². The smallest absolute Gasteiger partial charge is 0.237 e. The van der Waals surface area contributed by atoms with Gasteiger partial charge in [-0.25, -0.2) is 4.68 Å². The lowest BCUT2D eigenvalue weighted by Crippen LogP contribution is -2.24. The van der Waals surface area contributed by atoms with Gasteiger partial charge >= 0.3 is 0 Å². The molecule has 1 amide bonds. The number of benzene rings is 2. The molecule has 0 saturated carbocycles. The monoisotopic (exact) mass is 465 g/mol. The maximum absolute atomic E-state index is 12.5. The first-order valence-electron chi connectivity index (χ1n) is 9.07. The second-order valence-corrected chi connectivity index (χ2v) is 8.80. The van der Waals surface area contributed by atoms with E-state index in [0.717, 1.165) is 16.9 Å². The van der Waals surface area contributed by atoms with Crippen LogP contribution in [0.1, 0.15) is 23.9 Å². The molecular formula is C20H21Cl2N5O2S. The molecule has 1 heterocycles. The Morgan fingerprint density at radius 1 is 1.23 bits per heavy atom. The lowest BCUT2D eigenvalue weighted by Gasteiger charge is -2.13. The van der Waals surface area contributed by atoms with Gasteiger partial charge in [-0.3, -0.25) is 4.79 Å². The largest absolute Gasteiger partial charge is 0.485 e. The Labute approximate surface area is 188 Å². The Hall–Kier alpha value is -2.42. The molecule has 0 aliphatic rings. The zero-order valence-corrected chi connectivity index (χ0v) is 19.0. The standard InChI is InChI=1S/C20H21Cl2N5O2S/c1-11-5-4-6-12(2)18(11)29-10-17-25-26-20(27(17)23)30-13(3)19(28)24-16-9-14(21)7-8-15(16)22/h4-9,13H,10,23H2,1-3H3,(H,24,28). The van der Waals surface area contributed by atoms with Crippen LogP contribution in [0.2, 0.25) is 10.0 Å². The van der Waals surface area contributed by atoms with E-state index in [2.05, 4.69) is 15.5 Å². The van der Waals surface area contributed by atoms with E-state index in [1.54, 1.807) is 25.1 Å². The number of hydrogen-bond donors (Lipinski definition) is 2. The molecule has 10 heteroatoms. The van der Waals surface area contributed by atoms with Gasteiger partial charge in [0.1, 0.15) is 12.4 Å². The van der Waals surface area contributed by atoms with Gasteiger partial charge in [0.05, 0.1) is 16.0 Å². The van der Waals surface area contributed by atoms with Crippen molar-refractivity contribution in [3.05, 3.63) is 63.4 Å². The Morgan fingerprint density at radius 2 is 1.93 bits per heavy atom. The van der Waals surface area contributed by atoms with Gasteiger partial charge in [0.15, 0.2) is 5.82 Å². The lowest BCUT2D eigenvalue weighted by molar-refractivity contribution is -0.115. The van der Waals surface area contributed by atoms with Gasteiger partial charge in [-0.05, 0) is 50.1 Å². The number of ether oxygens (including phenoxy) is 1. The lowest BCUT2D eigenvalue weighted by atomic mass is 10.1. The molecular weight excluding hydrogens is 445 g/mol. The van der Waals surface area contributed by atoms with Crippen LogP contribution in [0.25, 0.3) is 0 Å². The highest BCUT2D eigenvalue weighted by Gasteiger charge is 2.20. The van der Waals surface area contributed by atoms with Crippen LogP contribution in [-0.2, 0) is 11.4 Å². The highest BCUT2D eigenvalue weighted by Crippen LogP contribution is 2.28. The molecule has 30 heavy (non-hydrogen) atoms. The second kappa shape index (κ2) is 9.59. The highest BCUT2D eigenvalue weighted by atomic mass is 35.5. The van der Waals surface area contributed by atoms with Crippen molar-refractivity contribution in [3.63, 3.8) is 0 Å². The van der Waals surface area contributed by atoms with Gasteiger partial charge < -0.3 is 15.9 Å². The fraction of sp³-hybridized carbons (Fsp3) is 0.250. The summed E-state index contributed by atoms with van der Waals surface area (Å²) in [6, 6.07) is 10.8. The van der Waals surface area contributed by atoms with Crippen LogP contribution in [0.5, 0.6) is 5.75 Å². The zero-order chi connectivity index (χ0) is 21.8. The van der Waals surface area contributed by atoms with Crippen molar-refractivity contribution < 1.29 is 9.53 Å². The van der Waals surface area contributed by atoms with E-state index in [0.29, 0.717) is 26.7 Å². The summed E-state index contributed by atoms with van der Waals surface area (Å²) in [5.74, 6) is 7.09. The van der Waals surface area contributed by atoms with Crippen molar-refractivity contribution in [1.82, 2.24) is 14.9 Å².